The standard InChI is InChI=1S/C32H36N9O3P/c1-5-33-28-16-23(10-12-39(28)4)44-22-8-9-24(27(45)15-22)36-31-30-25(34-20-35-31)17-26-32(37-30)40-13-14-41(21(18-40)19-43-26)29(42)7-6-11-38(2)3/h5-10,12,15-17,20-21H,1,11,13-14,18-19,45H2,2-4H3,(H,34,35,36)/b7-6+,33-28?. The molecule has 232 valence electrons. The monoisotopic (exact) mass is 625 g/mol. The fraction of sp³-hybridized carbons (Fsp3) is 0.281. The first-order valence-corrected chi connectivity index (χ1v) is 15.2. The number of aromatic nitrogens is 4. The van der Waals surface area contributed by atoms with E-state index in [0.717, 1.165) is 22.3 Å². The van der Waals surface area contributed by atoms with Gasteiger partial charge in [0.15, 0.2) is 17.4 Å². The number of fused-ring (bicyclic) bond motifs is 5. The minimum atomic E-state index is -0.0849. The SMILES string of the molecule is C=CN=c1cc(Oc2ccc(Nc3ncnc4cc5c(nc34)N3CCN(C(=O)/C=C/CN(C)C)C(CO5)C3)c(P)c2)ccn1C. The molecule has 4 aromatic rings. The lowest BCUT2D eigenvalue weighted by atomic mass is 10.1. The Morgan fingerprint density at radius 3 is 2.87 bits per heavy atom. The van der Waals surface area contributed by atoms with E-state index in [0.29, 0.717) is 66.9 Å². The third kappa shape index (κ3) is 6.67. The van der Waals surface area contributed by atoms with Gasteiger partial charge >= 0.3 is 0 Å². The van der Waals surface area contributed by atoms with E-state index in [2.05, 4.69) is 41.0 Å². The minimum Gasteiger partial charge on any atom is -0.487 e. The molecule has 1 N–H and O–H groups in total. The van der Waals surface area contributed by atoms with Crippen LogP contribution < -0.4 is 30.5 Å². The van der Waals surface area contributed by atoms with Crippen LogP contribution in [0.5, 0.6) is 17.2 Å². The number of ether oxygens (including phenoxy) is 2. The van der Waals surface area contributed by atoms with Crippen molar-refractivity contribution in [3.63, 3.8) is 0 Å². The summed E-state index contributed by atoms with van der Waals surface area (Å²) in [6.07, 6.45) is 8.45. The Kier molecular flexibility index (Phi) is 8.77. The van der Waals surface area contributed by atoms with Crippen molar-refractivity contribution in [3.8, 4) is 17.2 Å². The van der Waals surface area contributed by atoms with E-state index >= 15 is 0 Å². The summed E-state index contributed by atoms with van der Waals surface area (Å²) in [6.45, 7) is 6.64. The molecule has 0 spiro atoms. The minimum absolute atomic E-state index is 0.00186. The number of pyridine rings is 2. The number of amides is 1. The Morgan fingerprint density at radius 2 is 2.07 bits per heavy atom. The number of nitrogens with one attached hydrogen (secondary N) is 1. The van der Waals surface area contributed by atoms with Crippen LogP contribution in [0.2, 0.25) is 0 Å². The Hall–Kier alpha value is -4.80. The molecule has 12 nitrogen and oxygen atoms in total. The average molecular weight is 626 g/mol. The average Bonchev–Trinajstić information content (AvgIpc) is 3.15. The van der Waals surface area contributed by atoms with E-state index in [-0.39, 0.29) is 11.9 Å². The zero-order valence-corrected chi connectivity index (χ0v) is 26.7. The summed E-state index contributed by atoms with van der Waals surface area (Å²) in [5, 5.41) is 4.31. The van der Waals surface area contributed by atoms with Crippen molar-refractivity contribution in [2.24, 2.45) is 12.0 Å². The molecule has 2 aliphatic heterocycles. The van der Waals surface area contributed by atoms with Gasteiger partial charge in [-0.25, -0.2) is 19.9 Å². The van der Waals surface area contributed by atoms with Crippen molar-refractivity contribution < 1.29 is 14.3 Å². The molecule has 5 heterocycles. The number of hydrogen-bond donors (Lipinski definition) is 1. The molecular weight excluding hydrogens is 589 g/mol. The maximum Gasteiger partial charge on any atom is 0.246 e. The molecule has 2 atom stereocenters. The number of anilines is 3. The third-order valence-corrected chi connectivity index (χ3v) is 8.09. The van der Waals surface area contributed by atoms with E-state index in [1.165, 1.54) is 12.5 Å². The van der Waals surface area contributed by atoms with Gasteiger partial charge in [-0.15, -0.1) is 9.24 Å². The van der Waals surface area contributed by atoms with Gasteiger partial charge in [0.1, 0.15) is 35.4 Å². The van der Waals surface area contributed by atoms with Gasteiger partial charge in [-0.05, 0) is 43.7 Å². The number of hydrogen-bond acceptors (Lipinski definition) is 10. The number of carbonyl (C=O) groups is 1. The van der Waals surface area contributed by atoms with Gasteiger partial charge < -0.3 is 34.1 Å². The highest BCUT2D eigenvalue weighted by Gasteiger charge is 2.35. The summed E-state index contributed by atoms with van der Waals surface area (Å²) >= 11 is 0. The smallest absolute Gasteiger partial charge is 0.246 e. The predicted molar refractivity (Wildman–Crippen MR) is 179 cm³/mol. The second-order valence-corrected chi connectivity index (χ2v) is 11.7. The van der Waals surface area contributed by atoms with Gasteiger partial charge in [-0.2, -0.15) is 0 Å². The fourth-order valence-corrected chi connectivity index (χ4v) is 5.65. The molecule has 1 fully saturated rings. The van der Waals surface area contributed by atoms with E-state index in [4.69, 9.17) is 14.5 Å². The highest BCUT2D eigenvalue weighted by molar-refractivity contribution is 7.28. The molecule has 0 saturated carbocycles. The van der Waals surface area contributed by atoms with Crippen LogP contribution in [0.25, 0.3) is 11.0 Å². The van der Waals surface area contributed by atoms with Crippen LogP contribution in [0.3, 0.4) is 0 Å². The highest BCUT2D eigenvalue weighted by Crippen LogP contribution is 2.36. The quantitative estimate of drug-likeness (QED) is 0.233. The number of likely N-dealkylation sites (N-methyl/N-ethyl adjacent to an activating group) is 1. The lowest BCUT2D eigenvalue weighted by Crippen LogP contribution is -2.56. The van der Waals surface area contributed by atoms with Crippen LogP contribution >= 0.6 is 9.24 Å². The van der Waals surface area contributed by atoms with Crippen molar-refractivity contribution in [1.82, 2.24) is 29.3 Å². The van der Waals surface area contributed by atoms with Crippen LogP contribution in [0.4, 0.5) is 17.3 Å². The van der Waals surface area contributed by atoms with Crippen LogP contribution in [-0.4, -0.2) is 88.1 Å². The van der Waals surface area contributed by atoms with Crippen molar-refractivity contribution >= 4 is 48.8 Å². The maximum absolute atomic E-state index is 13.0. The van der Waals surface area contributed by atoms with Crippen molar-refractivity contribution in [3.05, 3.63) is 79.3 Å². The molecule has 45 heavy (non-hydrogen) atoms. The van der Waals surface area contributed by atoms with Gasteiger partial charge in [0.25, 0.3) is 0 Å². The van der Waals surface area contributed by atoms with E-state index in [1.807, 2.05) is 84.2 Å². The van der Waals surface area contributed by atoms with Crippen molar-refractivity contribution in [2.75, 3.05) is 57.1 Å². The Morgan fingerprint density at radius 1 is 1.22 bits per heavy atom. The second-order valence-electron chi connectivity index (χ2n) is 11.1. The molecule has 6 rings (SSSR count). The Labute approximate surface area is 263 Å². The largest absolute Gasteiger partial charge is 0.487 e. The first-order chi connectivity index (χ1) is 21.8. The summed E-state index contributed by atoms with van der Waals surface area (Å²) < 4.78 is 14.2. The number of aryl methyl sites for hydroxylation is 1. The molecule has 1 aromatic carbocycles. The maximum atomic E-state index is 13.0. The molecule has 2 bridgehead atoms. The Balaban J connectivity index is 1.21. The number of carbonyl (C=O) groups excluding carboxylic acids is 1. The summed E-state index contributed by atoms with van der Waals surface area (Å²) in [7, 11) is 8.60. The third-order valence-electron chi connectivity index (χ3n) is 7.61. The highest BCUT2D eigenvalue weighted by atomic mass is 31.0. The second kappa shape index (κ2) is 13.1. The molecular formula is C32H36N9O3P. The predicted octanol–water partition coefficient (Wildman–Crippen LogP) is 2.97. The number of piperazine rings is 1. The van der Waals surface area contributed by atoms with Crippen LogP contribution in [0.15, 0.2) is 78.8 Å². The lowest BCUT2D eigenvalue weighted by Gasteiger charge is -2.39. The Bertz CT molecular complexity index is 1860. The van der Waals surface area contributed by atoms with Crippen LogP contribution in [0.1, 0.15) is 0 Å². The van der Waals surface area contributed by atoms with E-state index in [1.54, 1.807) is 6.08 Å². The zero-order chi connectivity index (χ0) is 31.5. The van der Waals surface area contributed by atoms with Crippen molar-refractivity contribution in [1.29, 1.82) is 0 Å². The van der Waals surface area contributed by atoms with Gasteiger partial charge in [-0.3, -0.25) is 4.79 Å². The van der Waals surface area contributed by atoms with Crippen molar-refractivity contribution in [2.45, 2.75) is 6.04 Å². The van der Waals surface area contributed by atoms with E-state index in [9.17, 15) is 4.79 Å². The number of nitrogens with zero attached hydrogens (tertiary/aromatic N) is 8. The molecule has 1 saturated heterocycles. The van der Waals surface area contributed by atoms with Crippen LogP contribution in [-0.2, 0) is 11.8 Å². The molecule has 1 amide bonds. The number of benzene rings is 1. The lowest BCUT2D eigenvalue weighted by molar-refractivity contribution is -0.129. The molecule has 0 radical (unpaired) electrons. The first kappa shape index (κ1) is 30.2. The fourth-order valence-electron chi connectivity index (χ4n) is 5.31. The van der Waals surface area contributed by atoms with Gasteiger partial charge in [0.05, 0.1) is 11.6 Å². The van der Waals surface area contributed by atoms with Gasteiger partial charge in [0, 0.05) is 69.5 Å². The molecule has 0 aliphatic carbocycles. The summed E-state index contributed by atoms with van der Waals surface area (Å²) in [4.78, 5) is 37.3. The number of rotatable bonds is 8. The molecule has 2 unspecified atom stereocenters. The molecule has 3 aromatic heterocycles. The molecule has 2 aliphatic rings. The van der Waals surface area contributed by atoms with Crippen LogP contribution in [0, 0.1) is 0 Å². The van der Waals surface area contributed by atoms with E-state index < -0.39 is 0 Å². The zero-order valence-electron chi connectivity index (χ0n) is 25.6. The summed E-state index contributed by atoms with van der Waals surface area (Å²) in [5.41, 5.74) is 2.85. The van der Waals surface area contributed by atoms with Gasteiger partial charge in [0.2, 0.25) is 5.91 Å². The normalized spacial score (nSPS) is 16.5. The topological polar surface area (TPSA) is 113 Å². The van der Waals surface area contributed by atoms with Gasteiger partial charge in [-0.1, -0.05) is 12.7 Å². The summed E-state index contributed by atoms with van der Waals surface area (Å²) in [6, 6.07) is 11.3. The summed E-state index contributed by atoms with van der Waals surface area (Å²) in [5.74, 6) is 3.30. The first-order valence-electron chi connectivity index (χ1n) is 14.6. The molecule has 13 heteroatoms.